The molecule has 16 heavy (non-hydrogen) atoms. The van der Waals surface area contributed by atoms with Crippen LogP contribution in [0.25, 0.3) is 10.9 Å². The number of carboxylic acids is 1. The zero-order chi connectivity index (χ0) is 11.7. The molecule has 1 aromatic carbocycles. The summed E-state index contributed by atoms with van der Waals surface area (Å²) in [6, 6.07) is 6.72. The Morgan fingerprint density at radius 2 is 2.12 bits per heavy atom. The van der Waals surface area contributed by atoms with E-state index in [1.54, 1.807) is 31.2 Å². The minimum atomic E-state index is -1.19. The second-order valence-electron chi connectivity index (χ2n) is 3.31. The number of para-hydroxylation sites is 1. The molecule has 0 aliphatic rings. The van der Waals surface area contributed by atoms with Crippen molar-refractivity contribution >= 4 is 16.9 Å². The van der Waals surface area contributed by atoms with E-state index in [1.807, 2.05) is 0 Å². The number of nitrogens with zero attached hydrogens (tertiary/aromatic N) is 2. The van der Waals surface area contributed by atoms with Crippen LogP contribution in [0.4, 0.5) is 0 Å². The van der Waals surface area contributed by atoms with Crippen LogP contribution in [-0.4, -0.2) is 20.6 Å². The normalized spacial score (nSPS) is 10.6. The molecule has 0 amide bonds. The van der Waals surface area contributed by atoms with Crippen molar-refractivity contribution in [2.45, 2.75) is 13.5 Å². The van der Waals surface area contributed by atoms with E-state index in [2.05, 4.69) is 4.98 Å². The van der Waals surface area contributed by atoms with Crippen LogP contribution in [-0.2, 0) is 6.54 Å². The molecule has 5 nitrogen and oxygen atoms in total. The maximum Gasteiger partial charge on any atom is 0.372 e. The zero-order valence-electron chi connectivity index (χ0n) is 8.67. The van der Waals surface area contributed by atoms with Gasteiger partial charge in [-0.2, -0.15) is 0 Å². The Morgan fingerprint density at radius 1 is 1.44 bits per heavy atom. The van der Waals surface area contributed by atoms with Crippen molar-refractivity contribution in [2.24, 2.45) is 0 Å². The van der Waals surface area contributed by atoms with E-state index in [4.69, 9.17) is 5.11 Å². The first-order valence-electron chi connectivity index (χ1n) is 4.88. The summed E-state index contributed by atoms with van der Waals surface area (Å²) < 4.78 is 1.16. The minimum absolute atomic E-state index is 0.216. The van der Waals surface area contributed by atoms with E-state index in [9.17, 15) is 9.59 Å². The minimum Gasteiger partial charge on any atom is -0.475 e. The van der Waals surface area contributed by atoms with Gasteiger partial charge in [0, 0.05) is 6.54 Å². The maximum atomic E-state index is 11.9. The van der Waals surface area contributed by atoms with Crippen molar-refractivity contribution in [3.05, 3.63) is 40.4 Å². The number of hydrogen-bond donors (Lipinski definition) is 1. The third-order valence-corrected chi connectivity index (χ3v) is 2.37. The van der Waals surface area contributed by atoms with E-state index in [1.165, 1.54) is 0 Å². The Balaban J connectivity index is 2.93. The van der Waals surface area contributed by atoms with Crippen molar-refractivity contribution in [3.63, 3.8) is 0 Å². The Bertz CT molecular complexity index is 616. The van der Waals surface area contributed by atoms with Gasteiger partial charge < -0.3 is 5.11 Å². The molecule has 2 rings (SSSR count). The van der Waals surface area contributed by atoms with Gasteiger partial charge in [0.25, 0.3) is 5.56 Å². The molecular weight excluding hydrogens is 208 g/mol. The highest BCUT2D eigenvalue weighted by atomic mass is 16.4. The molecule has 0 saturated carbocycles. The van der Waals surface area contributed by atoms with Crippen LogP contribution in [0.15, 0.2) is 29.1 Å². The van der Waals surface area contributed by atoms with Gasteiger partial charge in [0.05, 0.1) is 10.9 Å². The molecule has 2 aromatic rings. The first kappa shape index (κ1) is 10.4. The third kappa shape index (κ3) is 1.46. The van der Waals surface area contributed by atoms with Gasteiger partial charge in [-0.25, -0.2) is 9.78 Å². The molecule has 1 aromatic heterocycles. The molecule has 82 valence electrons. The van der Waals surface area contributed by atoms with Crippen molar-refractivity contribution < 1.29 is 9.90 Å². The SMILES string of the molecule is CCn1c(C(=O)O)nc2ccccc2c1=O. The second kappa shape index (κ2) is 3.77. The largest absolute Gasteiger partial charge is 0.475 e. The lowest BCUT2D eigenvalue weighted by Gasteiger charge is -2.07. The van der Waals surface area contributed by atoms with Gasteiger partial charge in [-0.3, -0.25) is 9.36 Å². The van der Waals surface area contributed by atoms with E-state index >= 15 is 0 Å². The Hall–Kier alpha value is -2.17. The maximum absolute atomic E-state index is 11.9. The predicted octanol–water partition coefficient (Wildman–Crippen LogP) is 1.11. The molecule has 0 aliphatic carbocycles. The van der Waals surface area contributed by atoms with Crippen LogP contribution in [0, 0.1) is 0 Å². The number of hydrogen-bond acceptors (Lipinski definition) is 3. The van der Waals surface area contributed by atoms with E-state index in [-0.39, 0.29) is 17.9 Å². The third-order valence-electron chi connectivity index (χ3n) is 2.37. The summed E-state index contributed by atoms with van der Waals surface area (Å²) in [5.41, 5.74) is 0.0973. The fraction of sp³-hybridized carbons (Fsp3) is 0.182. The smallest absolute Gasteiger partial charge is 0.372 e. The van der Waals surface area contributed by atoms with Gasteiger partial charge in [-0.05, 0) is 19.1 Å². The molecular formula is C11H10N2O3. The molecule has 0 aliphatic heterocycles. The van der Waals surface area contributed by atoms with Crippen molar-refractivity contribution in [2.75, 3.05) is 0 Å². The monoisotopic (exact) mass is 218 g/mol. The average Bonchev–Trinajstić information content (AvgIpc) is 2.29. The van der Waals surface area contributed by atoms with Gasteiger partial charge in [0.15, 0.2) is 0 Å². The Morgan fingerprint density at radius 3 is 2.75 bits per heavy atom. The van der Waals surface area contributed by atoms with Crippen LogP contribution in [0.2, 0.25) is 0 Å². The molecule has 1 N–H and O–H groups in total. The highest BCUT2D eigenvalue weighted by Crippen LogP contribution is 2.07. The zero-order valence-corrected chi connectivity index (χ0v) is 8.67. The lowest BCUT2D eigenvalue weighted by atomic mass is 10.2. The second-order valence-corrected chi connectivity index (χ2v) is 3.31. The number of carboxylic acid groups (broad SMARTS) is 1. The molecule has 0 fully saturated rings. The summed E-state index contributed by atoms with van der Waals surface area (Å²) in [6.45, 7) is 2.00. The molecule has 0 radical (unpaired) electrons. The standard InChI is InChI=1S/C11H10N2O3/c1-2-13-9(11(15)16)12-8-6-4-3-5-7(8)10(13)14/h3-6H,2H2,1H3,(H,15,16). The first-order chi connectivity index (χ1) is 7.65. The molecule has 0 saturated heterocycles. The Kier molecular flexibility index (Phi) is 2.44. The van der Waals surface area contributed by atoms with Crippen LogP contribution >= 0.6 is 0 Å². The summed E-state index contributed by atoms with van der Waals surface area (Å²) >= 11 is 0. The van der Waals surface area contributed by atoms with E-state index < -0.39 is 5.97 Å². The topological polar surface area (TPSA) is 72.2 Å². The molecule has 0 bridgehead atoms. The fourth-order valence-electron chi connectivity index (χ4n) is 1.62. The number of fused-ring (bicyclic) bond motifs is 1. The van der Waals surface area contributed by atoms with Gasteiger partial charge in [0.2, 0.25) is 5.82 Å². The quantitative estimate of drug-likeness (QED) is 0.819. The van der Waals surface area contributed by atoms with Crippen LogP contribution in [0.3, 0.4) is 0 Å². The van der Waals surface area contributed by atoms with Gasteiger partial charge in [-0.15, -0.1) is 0 Å². The number of aromatic nitrogens is 2. The average molecular weight is 218 g/mol. The number of rotatable bonds is 2. The summed E-state index contributed by atoms with van der Waals surface area (Å²) in [5.74, 6) is -1.41. The van der Waals surface area contributed by atoms with E-state index in [0.29, 0.717) is 10.9 Å². The lowest BCUT2D eigenvalue weighted by Crippen LogP contribution is -2.27. The molecule has 0 unspecified atom stereocenters. The summed E-state index contributed by atoms with van der Waals surface area (Å²) in [5, 5.41) is 9.40. The van der Waals surface area contributed by atoms with Crippen LogP contribution < -0.4 is 5.56 Å². The van der Waals surface area contributed by atoms with Crippen LogP contribution in [0.5, 0.6) is 0 Å². The number of benzene rings is 1. The predicted molar refractivity (Wildman–Crippen MR) is 58.6 cm³/mol. The highest BCUT2D eigenvalue weighted by molar-refractivity contribution is 5.87. The van der Waals surface area contributed by atoms with Crippen LogP contribution in [0.1, 0.15) is 17.5 Å². The lowest BCUT2D eigenvalue weighted by molar-refractivity contribution is 0.0676. The first-order valence-corrected chi connectivity index (χ1v) is 4.88. The van der Waals surface area contributed by atoms with Gasteiger partial charge in [0.1, 0.15) is 0 Å². The highest BCUT2D eigenvalue weighted by Gasteiger charge is 2.14. The molecule has 5 heteroatoms. The number of aromatic carboxylic acids is 1. The summed E-state index contributed by atoms with van der Waals surface area (Å²) in [7, 11) is 0. The molecule has 1 heterocycles. The molecule has 0 spiro atoms. The summed E-state index contributed by atoms with van der Waals surface area (Å²) in [6.07, 6.45) is 0. The summed E-state index contributed by atoms with van der Waals surface area (Å²) in [4.78, 5) is 26.9. The molecule has 0 atom stereocenters. The van der Waals surface area contributed by atoms with Crippen molar-refractivity contribution in [3.8, 4) is 0 Å². The van der Waals surface area contributed by atoms with E-state index in [0.717, 1.165) is 4.57 Å². The van der Waals surface area contributed by atoms with Gasteiger partial charge >= 0.3 is 5.97 Å². The van der Waals surface area contributed by atoms with Crippen molar-refractivity contribution in [1.82, 2.24) is 9.55 Å². The number of carbonyl (C=O) groups is 1. The Labute approximate surface area is 91.0 Å². The van der Waals surface area contributed by atoms with Gasteiger partial charge in [-0.1, -0.05) is 12.1 Å². The fourth-order valence-corrected chi connectivity index (χ4v) is 1.62. The van der Waals surface area contributed by atoms with Crippen molar-refractivity contribution in [1.29, 1.82) is 0 Å².